The van der Waals surface area contributed by atoms with Crippen molar-refractivity contribution in [3.8, 4) is 5.75 Å². The molecule has 0 radical (unpaired) electrons. The quantitative estimate of drug-likeness (QED) is 0.532. The van der Waals surface area contributed by atoms with Crippen LogP contribution in [0.2, 0.25) is 0 Å². The van der Waals surface area contributed by atoms with E-state index in [9.17, 15) is 18.0 Å². The second kappa shape index (κ2) is 9.80. The SMILES string of the molecule is COC(=O)c1c(NS(=O)(=O)c2ccccc2C[C@@H]2CCN(C(=O)OC(C)(C)C)C2)ccc2c1OC[C@@H]1C[C@H]21. The number of benzene rings is 2. The summed E-state index contributed by atoms with van der Waals surface area (Å²) in [6, 6.07) is 10.3. The largest absolute Gasteiger partial charge is 0.492 e. The number of anilines is 1. The fraction of sp³-hybridized carbons (Fsp3) is 0.500. The van der Waals surface area contributed by atoms with Crippen molar-refractivity contribution in [1.82, 2.24) is 4.90 Å². The number of esters is 1. The highest BCUT2D eigenvalue weighted by Crippen LogP contribution is 2.55. The summed E-state index contributed by atoms with van der Waals surface area (Å²) >= 11 is 0. The van der Waals surface area contributed by atoms with Crippen LogP contribution >= 0.6 is 0 Å². The number of nitrogens with one attached hydrogen (secondary N) is 1. The fourth-order valence-corrected chi connectivity index (χ4v) is 6.70. The lowest BCUT2D eigenvalue weighted by molar-refractivity contribution is 0.0288. The number of fused-ring (bicyclic) bond motifs is 3. The van der Waals surface area contributed by atoms with Gasteiger partial charge in [-0.25, -0.2) is 18.0 Å². The topological polar surface area (TPSA) is 111 Å². The Kier molecular flexibility index (Phi) is 6.79. The van der Waals surface area contributed by atoms with Crippen LogP contribution in [0.5, 0.6) is 5.75 Å². The molecule has 2 aromatic carbocycles. The molecule has 10 heteroatoms. The summed E-state index contributed by atoms with van der Waals surface area (Å²) in [5, 5.41) is 0. The number of sulfonamides is 1. The monoisotopic (exact) mass is 542 g/mol. The lowest BCUT2D eigenvalue weighted by Crippen LogP contribution is -2.35. The summed E-state index contributed by atoms with van der Waals surface area (Å²) in [4.78, 5) is 27.0. The predicted octanol–water partition coefficient (Wildman–Crippen LogP) is 4.57. The molecule has 0 unspecified atom stereocenters. The van der Waals surface area contributed by atoms with Gasteiger partial charge in [-0.1, -0.05) is 24.3 Å². The maximum absolute atomic E-state index is 13.6. The molecule has 1 amide bonds. The minimum atomic E-state index is -4.05. The van der Waals surface area contributed by atoms with Crippen molar-refractivity contribution in [2.24, 2.45) is 11.8 Å². The van der Waals surface area contributed by atoms with Crippen molar-refractivity contribution in [1.29, 1.82) is 0 Å². The fourth-order valence-electron chi connectivity index (χ4n) is 5.38. The van der Waals surface area contributed by atoms with E-state index < -0.39 is 21.6 Å². The van der Waals surface area contributed by atoms with Gasteiger partial charge >= 0.3 is 12.1 Å². The Morgan fingerprint density at radius 3 is 2.66 bits per heavy atom. The molecule has 0 aromatic heterocycles. The van der Waals surface area contributed by atoms with E-state index in [1.54, 1.807) is 35.2 Å². The molecular formula is C28H34N2O7S. The van der Waals surface area contributed by atoms with E-state index in [1.165, 1.54) is 7.11 Å². The van der Waals surface area contributed by atoms with Crippen LogP contribution < -0.4 is 9.46 Å². The Bertz CT molecular complexity index is 1370. The van der Waals surface area contributed by atoms with Crippen molar-refractivity contribution in [2.45, 2.75) is 56.4 Å². The molecule has 204 valence electrons. The molecule has 38 heavy (non-hydrogen) atoms. The summed E-state index contributed by atoms with van der Waals surface area (Å²) in [6.07, 6.45) is 1.87. The van der Waals surface area contributed by atoms with Gasteiger partial charge in [-0.3, -0.25) is 4.72 Å². The van der Waals surface area contributed by atoms with Crippen LogP contribution in [0.1, 0.15) is 61.0 Å². The zero-order valence-electron chi connectivity index (χ0n) is 22.2. The Balaban J connectivity index is 1.37. The third kappa shape index (κ3) is 5.32. The van der Waals surface area contributed by atoms with E-state index in [1.807, 2.05) is 26.8 Å². The highest BCUT2D eigenvalue weighted by Gasteiger charge is 2.45. The van der Waals surface area contributed by atoms with Gasteiger partial charge < -0.3 is 19.1 Å². The second-order valence-electron chi connectivity index (χ2n) is 11.3. The first-order chi connectivity index (χ1) is 18.0. The minimum absolute atomic E-state index is 0.0909. The van der Waals surface area contributed by atoms with Crippen LogP contribution in [0.25, 0.3) is 0 Å². The lowest BCUT2D eigenvalue weighted by Gasteiger charge is -2.24. The molecular weight excluding hydrogens is 508 g/mol. The van der Waals surface area contributed by atoms with E-state index in [0.29, 0.717) is 49.3 Å². The Labute approximate surface area is 223 Å². The average molecular weight is 543 g/mol. The Morgan fingerprint density at radius 2 is 1.92 bits per heavy atom. The van der Waals surface area contributed by atoms with E-state index in [4.69, 9.17) is 14.2 Å². The Morgan fingerprint density at radius 1 is 1.16 bits per heavy atom. The van der Waals surface area contributed by atoms with Gasteiger partial charge in [-0.05, 0) is 75.1 Å². The van der Waals surface area contributed by atoms with Gasteiger partial charge in [-0.2, -0.15) is 0 Å². The molecule has 9 nitrogen and oxygen atoms in total. The zero-order valence-corrected chi connectivity index (χ0v) is 23.0. The first-order valence-electron chi connectivity index (χ1n) is 12.9. The molecule has 0 spiro atoms. The van der Waals surface area contributed by atoms with Gasteiger partial charge in [0.1, 0.15) is 16.9 Å². The maximum atomic E-state index is 13.6. The van der Waals surface area contributed by atoms with Crippen LogP contribution in [0.3, 0.4) is 0 Å². The highest BCUT2D eigenvalue weighted by atomic mass is 32.2. The molecule has 2 heterocycles. The van der Waals surface area contributed by atoms with Gasteiger partial charge in [0.05, 0.1) is 24.3 Å². The van der Waals surface area contributed by atoms with Crippen LogP contribution in [-0.2, 0) is 25.9 Å². The van der Waals surface area contributed by atoms with Crippen LogP contribution in [0, 0.1) is 11.8 Å². The zero-order chi connectivity index (χ0) is 27.2. The highest BCUT2D eigenvalue weighted by molar-refractivity contribution is 7.92. The van der Waals surface area contributed by atoms with Crippen molar-refractivity contribution >= 4 is 27.8 Å². The van der Waals surface area contributed by atoms with Crippen molar-refractivity contribution in [3.05, 3.63) is 53.1 Å². The number of hydrogen-bond donors (Lipinski definition) is 1. The number of carbonyl (C=O) groups excluding carboxylic acids is 2. The van der Waals surface area contributed by atoms with Crippen molar-refractivity contribution in [3.63, 3.8) is 0 Å². The predicted molar refractivity (Wildman–Crippen MR) is 141 cm³/mol. The number of nitrogens with zero attached hydrogens (tertiary/aromatic N) is 1. The third-order valence-electron chi connectivity index (χ3n) is 7.29. The Hall–Kier alpha value is -3.27. The standard InChI is InChI=1S/C28H34N2O7S/c1-28(2,3)37-27(32)30-12-11-17(15-30)13-18-7-5-6-8-23(18)38(33,34)29-22-10-9-20-21-14-19(21)16-36-25(20)24(22)26(31)35-4/h5-10,17,19,21,29H,11-16H2,1-4H3/t17-,19-,21-/m0/s1. The van der Waals surface area contributed by atoms with E-state index in [0.717, 1.165) is 18.4 Å². The first-order valence-corrected chi connectivity index (χ1v) is 14.4. The molecule has 0 bridgehead atoms. The van der Waals surface area contributed by atoms with Crippen LogP contribution in [0.15, 0.2) is 41.3 Å². The van der Waals surface area contributed by atoms with Gasteiger partial charge in [0.25, 0.3) is 10.0 Å². The van der Waals surface area contributed by atoms with Gasteiger partial charge in [0.15, 0.2) is 0 Å². The molecule has 3 aliphatic rings. The number of hydrogen-bond acceptors (Lipinski definition) is 7. The average Bonchev–Trinajstić information content (AvgIpc) is 3.51. The third-order valence-corrected chi connectivity index (χ3v) is 8.76. The molecule has 1 aliphatic carbocycles. The van der Waals surface area contributed by atoms with Crippen LogP contribution in [-0.4, -0.2) is 57.8 Å². The number of methoxy groups -OCH3 is 1. The van der Waals surface area contributed by atoms with E-state index in [2.05, 4.69) is 4.72 Å². The first kappa shape index (κ1) is 26.3. The summed E-state index contributed by atoms with van der Waals surface area (Å²) < 4.78 is 46.3. The van der Waals surface area contributed by atoms with E-state index >= 15 is 0 Å². The van der Waals surface area contributed by atoms with Gasteiger partial charge in [-0.15, -0.1) is 0 Å². The molecule has 1 N–H and O–H groups in total. The number of amides is 1. The number of likely N-dealkylation sites (tertiary alicyclic amines) is 1. The lowest BCUT2D eigenvalue weighted by atomic mass is 9.99. The summed E-state index contributed by atoms with van der Waals surface area (Å²) in [6.45, 7) is 7.04. The molecule has 1 saturated heterocycles. The number of rotatable bonds is 6. The van der Waals surface area contributed by atoms with Crippen molar-refractivity contribution in [2.75, 3.05) is 31.5 Å². The summed E-state index contributed by atoms with van der Waals surface area (Å²) in [5.41, 5.74) is 1.21. The molecule has 2 aromatic rings. The van der Waals surface area contributed by atoms with Crippen molar-refractivity contribution < 1.29 is 32.2 Å². The number of ether oxygens (including phenoxy) is 3. The smallest absolute Gasteiger partial charge is 0.410 e. The summed E-state index contributed by atoms with van der Waals surface area (Å²) in [5.74, 6) is 0.620. The van der Waals surface area contributed by atoms with Gasteiger partial charge in [0, 0.05) is 19.0 Å². The minimum Gasteiger partial charge on any atom is -0.492 e. The molecule has 3 atom stereocenters. The maximum Gasteiger partial charge on any atom is 0.410 e. The molecule has 2 fully saturated rings. The van der Waals surface area contributed by atoms with Gasteiger partial charge in [0.2, 0.25) is 0 Å². The normalized spacial score (nSPS) is 22.1. The van der Waals surface area contributed by atoms with Crippen LogP contribution in [0.4, 0.5) is 10.5 Å². The molecule has 1 saturated carbocycles. The molecule has 5 rings (SSSR count). The number of carbonyl (C=O) groups is 2. The van der Waals surface area contributed by atoms with E-state index in [-0.39, 0.29) is 28.2 Å². The summed E-state index contributed by atoms with van der Waals surface area (Å²) in [7, 11) is -2.79. The molecule has 2 aliphatic heterocycles. The second-order valence-corrected chi connectivity index (χ2v) is 13.0.